The van der Waals surface area contributed by atoms with Crippen LogP contribution in [0, 0.1) is 12.2 Å². The average Bonchev–Trinajstić information content (AvgIpc) is 2.46. The summed E-state index contributed by atoms with van der Waals surface area (Å²) in [5.41, 5.74) is 0.0731. The van der Waals surface area contributed by atoms with Gasteiger partial charge in [0.1, 0.15) is 17.9 Å². The molecule has 0 aromatic carbocycles. The molecule has 0 N–H and O–H groups in total. The van der Waals surface area contributed by atoms with Crippen molar-refractivity contribution in [1.29, 1.82) is 0 Å². The number of pyridine rings is 1. The molecule has 0 atom stereocenters. The third kappa shape index (κ3) is 2.77. The fraction of sp³-hybridized carbons (Fsp3) is 0.111. The van der Waals surface area contributed by atoms with Crippen LogP contribution in [0.1, 0.15) is 5.69 Å². The number of alkyl halides is 3. The molecule has 2 aromatic rings. The Balaban J connectivity index is 0.00000128. The molecule has 0 saturated heterocycles. The fourth-order valence-electron chi connectivity index (χ4n) is 1.25. The second-order valence-electron chi connectivity index (χ2n) is 2.94. The van der Waals surface area contributed by atoms with Gasteiger partial charge >= 0.3 is 25.0 Å². The SMILES string of the molecule is Fc1ccc2ncc([CH]C(F)(F)F)n2c1.[LiH]. The van der Waals surface area contributed by atoms with Crippen LogP contribution in [0.5, 0.6) is 0 Å². The van der Waals surface area contributed by atoms with E-state index in [0.717, 1.165) is 22.9 Å². The predicted molar refractivity (Wildman–Crippen MR) is 51.8 cm³/mol. The van der Waals surface area contributed by atoms with Gasteiger partial charge in [-0.05, 0) is 12.1 Å². The topological polar surface area (TPSA) is 17.3 Å². The quantitative estimate of drug-likeness (QED) is 0.535. The molecule has 2 heterocycles. The van der Waals surface area contributed by atoms with E-state index >= 15 is 0 Å². The average molecular weight is 225 g/mol. The Hall–Kier alpha value is -0.993. The summed E-state index contributed by atoms with van der Waals surface area (Å²) in [5, 5.41) is 0. The minimum atomic E-state index is -4.44. The third-order valence-electron chi connectivity index (χ3n) is 1.81. The maximum atomic E-state index is 12.8. The molecule has 0 amide bonds. The van der Waals surface area contributed by atoms with Gasteiger partial charge in [0, 0.05) is 12.4 Å². The van der Waals surface area contributed by atoms with E-state index in [1.54, 1.807) is 0 Å². The molecule has 1 radical (unpaired) electrons. The molecule has 0 aliphatic heterocycles. The first-order chi connectivity index (χ1) is 6.96. The van der Waals surface area contributed by atoms with Crippen LogP contribution in [0.25, 0.3) is 5.65 Å². The van der Waals surface area contributed by atoms with E-state index < -0.39 is 12.0 Å². The summed E-state index contributed by atoms with van der Waals surface area (Å²) in [6.07, 6.45) is -2.36. The zero-order chi connectivity index (χ0) is 11.1. The van der Waals surface area contributed by atoms with Gasteiger partial charge in [-0.25, -0.2) is 9.37 Å². The van der Waals surface area contributed by atoms with Crippen LogP contribution in [0.4, 0.5) is 17.6 Å². The van der Waals surface area contributed by atoms with Crippen molar-refractivity contribution in [3.8, 4) is 0 Å². The van der Waals surface area contributed by atoms with Gasteiger partial charge in [-0.2, -0.15) is 13.2 Å². The van der Waals surface area contributed by atoms with Gasteiger partial charge in [-0.3, -0.25) is 0 Å². The normalized spacial score (nSPS) is 11.5. The summed E-state index contributed by atoms with van der Waals surface area (Å²) >= 11 is 0. The van der Waals surface area contributed by atoms with Crippen molar-refractivity contribution >= 4 is 24.5 Å². The zero-order valence-corrected chi connectivity index (χ0v) is 7.29. The molecule has 16 heavy (non-hydrogen) atoms. The van der Waals surface area contributed by atoms with Gasteiger partial charge in [0.2, 0.25) is 0 Å². The first-order valence-corrected chi connectivity index (χ1v) is 4.01. The molecule has 0 aliphatic rings. The summed E-state index contributed by atoms with van der Waals surface area (Å²) in [7, 11) is 0. The van der Waals surface area contributed by atoms with Crippen LogP contribution in [0.3, 0.4) is 0 Å². The van der Waals surface area contributed by atoms with Gasteiger partial charge in [-0.15, -0.1) is 0 Å². The van der Waals surface area contributed by atoms with Crippen LogP contribution in [0.15, 0.2) is 24.5 Å². The van der Waals surface area contributed by atoms with E-state index in [4.69, 9.17) is 0 Å². The van der Waals surface area contributed by atoms with Crippen LogP contribution < -0.4 is 0 Å². The number of nitrogens with zero attached hydrogens (tertiary/aromatic N) is 2. The Morgan fingerprint density at radius 1 is 1.25 bits per heavy atom. The Labute approximate surface area is 100 Å². The summed E-state index contributed by atoms with van der Waals surface area (Å²) in [6, 6.07) is 2.45. The number of aromatic nitrogens is 2. The maximum absolute atomic E-state index is 12.8. The van der Waals surface area contributed by atoms with Crippen LogP contribution in [-0.2, 0) is 0 Å². The van der Waals surface area contributed by atoms with Crippen LogP contribution >= 0.6 is 0 Å². The van der Waals surface area contributed by atoms with E-state index in [2.05, 4.69) is 4.98 Å². The van der Waals surface area contributed by atoms with E-state index in [1.807, 2.05) is 0 Å². The first kappa shape index (κ1) is 13.1. The Morgan fingerprint density at radius 2 is 1.94 bits per heavy atom. The number of rotatable bonds is 1. The molecule has 0 spiro atoms. The van der Waals surface area contributed by atoms with Crippen LogP contribution in [-0.4, -0.2) is 34.4 Å². The number of halogens is 4. The molecular weight excluding hydrogens is 219 g/mol. The molecule has 2 aromatic heterocycles. The Bertz CT molecular complexity index is 492. The number of hydrogen-bond donors (Lipinski definition) is 0. The number of fused-ring (bicyclic) bond motifs is 1. The molecule has 2 rings (SSSR count). The second-order valence-corrected chi connectivity index (χ2v) is 2.94. The van der Waals surface area contributed by atoms with Gasteiger partial charge in [0.15, 0.2) is 0 Å². The second kappa shape index (κ2) is 4.48. The molecule has 2 nitrogen and oxygen atoms in total. The minimum absolute atomic E-state index is 0. The Kier molecular flexibility index (Phi) is 3.66. The third-order valence-corrected chi connectivity index (χ3v) is 1.81. The Morgan fingerprint density at radius 3 is 2.56 bits per heavy atom. The van der Waals surface area contributed by atoms with Crippen molar-refractivity contribution in [2.24, 2.45) is 0 Å². The van der Waals surface area contributed by atoms with Gasteiger partial charge in [0.05, 0.1) is 5.69 Å². The molecule has 81 valence electrons. The van der Waals surface area contributed by atoms with Crippen molar-refractivity contribution in [3.63, 3.8) is 0 Å². The molecule has 0 fully saturated rings. The molecule has 0 saturated carbocycles. The van der Waals surface area contributed by atoms with E-state index in [-0.39, 0.29) is 36.6 Å². The molecule has 0 aliphatic carbocycles. The van der Waals surface area contributed by atoms with Crippen molar-refractivity contribution in [1.82, 2.24) is 9.38 Å². The van der Waals surface area contributed by atoms with Crippen LogP contribution in [0.2, 0.25) is 0 Å². The summed E-state index contributed by atoms with van der Waals surface area (Å²) in [4.78, 5) is 3.71. The van der Waals surface area contributed by atoms with E-state index in [1.165, 1.54) is 6.07 Å². The van der Waals surface area contributed by atoms with Crippen molar-refractivity contribution in [2.75, 3.05) is 0 Å². The molecule has 0 unspecified atom stereocenters. The zero-order valence-electron chi connectivity index (χ0n) is 7.29. The van der Waals surface area contributed by atoms with E-state index in [0.29, 0.717) is 0 Å². The molecule has 0 bridgehead atoms. The monoisotopic (exact) mass is 225 g/mol. The molecular formula is C9H6F4LiN2. The molecule has 7 heteroatoms. The van der Waals surface area contributed by atoms with Gasteiger partial charge < -0.3 is 4.40 Å². The number of hydrogen-bond acceptors (Lipinski definition) is 1. The summed E-state index contributed by atoms with van der Waals surface area (Å²) in [6.45, 7) is 0. The predicted octanol–water partition coefficient (Wildman–Crippen LogP) is 1.94. The number of imidazole rings is 1. The summed E-state index contributed by atoms with van der Waals surface area (Å²) in [5.74, 6) is -0.614. The van der Waals surface area contributed by atoms with E-state index in [9.17, 15) is 17.6 Å². The standard InChI is InChI=1S/C9H5F4N2.Li.H/c10-6-1-2-8-14-4-7(15(8)5-6)3-9(11,12)13;;/h1-5H;;. The van der Waals surface area contributed by atoms with Gasteiger partial charge in [-0.1, -0.05) is 0 Å². The van der Waals surface area contributed by atoms with Gasteiger partial charge in [0.25, 0.3) is 0 Å². The van der Waals surface area contributed by atoms with Crippen molar-refractivity contribution in [3.05, 3.63) is 42.5 Å². The van der Waals surface area contributed by atoms with Crippen molar-refractivity contribution in [2.45, 2.75) is 6.18 Å². The summed E-state index contributed by atoms with van der Waals surface area (Å²) < 4.78 is 50.0. The first-order valence-electron chi connectivity index (χ1n) is 4.01. The fourth-order valence-corrected chi connectivity index (χ4v) is 1.25. The van der Waals surface area contributed by atoms with Crippen molar-refractivity contribution < 1.29 is 17.6 Å².